The van der Waals surface area contributed by atoms with Gasteiger partial charge in [0, 0.05) is 19.9 Å². The average Bonchev–Trinajstić information content (AvgIpc) is 2.15. The maximum atomic E-state index is 8.53. The fourth-order valence-corrected chi connectivity index (χ4v) is 0.553. The predicted molar refractivity (Wildman–Crippen MR) is 55.7 cm³/mol. The first-order valence-corrected chi connectivity index (χ1v) is 4.19. The quantitative estimate of drug-likeness (QED) is 0.508. The van der Waals surface area contributed by atoms with Crippen molar-refractivity contribution < 1.29 is 5.11 Å². The summed E-state index contributed by atoms with van der Waals surface area (Å²) in [7, 11) is 1.70. The smallest absolute Gasteiger partial charge is 0.0471 e. The fourth-order valence-electron chi connectivity index (χ4n) is 0.553. The summed E-state index contributed by atoms with van der Waals surface area (Å²) in [6.45, 7) is 7.75. The van der Waals surface area contributed by atoms with E-state index in [1.165, 1.54) is 0 Å². The zero-order valence-electron chi connectivity index (χ0n) is 8.25. The second-order valence-corrected chi connectivity index (χ2v) is 1.83. The van der Waals surface area contributed by atoms with Crippen LogP contribution < -0.4 is 0 Å². The lowest BCUT2D eigenvalue weighted by Crippen LogP contribution is -1.85. The Morgan fingerprint density at radius 2 is 2.08 bits per heavy atom. The predicted octanol–water partition coefficient (Wildman–Crippen LogP) is 2.21. The minimum atomic E-state index is 0.162. The Morgan fingerprint density at radius 1 is 1.50 bits per heavy atom. The second-order valence-electron chi connectivity index (χ2n) is 1.83. The third-order valence-corrected chi connectivity index (χ3v) is 1.10. The summed E-state index contributed by atoms with van der Waals surface area (Å²) in [6, 6.07) is 0. The molecule has 0 bridgehead atoms. The molecule has 0 heterocycles. The van der Waals surface area contributed by atoms with Crippen molar-refractivity contribution in [3.8, 4) is 0 Å². The van der Waals surface area contributed by atoms with Gasteiger partial charge in [0.2, 0.25) is 0 Å². The zero-order valence-corrected chi connectivity index (χ0v) is 8.25. The number of hydrogen-bond donors (Lipinski definition) is 1. The standard InChI is InChI=1S/C8H13NO.C2H6/c1-3-8(5-7-10)4-6-9-2;1-2/h3-4,6,10H,1,5,7H2,2H3;1-2H3/b8-4+,9-6?;. The summed E-state index contributed by atoms with van der Waals surface area (Å²) in [5, 5.41) is 8.53. The lowest BCUT2D eigenvalue weighted by Gasteiger charge is -1.93. The van der Waals surface area contributed by atoms with Crippen molar-refractivity contribution in [1.82, 2.24) is 0 Å². The highest BCUT2D eigenvalue weighted by molar-refractivity contribution is 5.72. The molecule has 0 aromatic rings. The third-order valence-electron chi connectivity index (χ3n) is 1.10. The summed E-state index contributed by atoms with van der Waals surface area (Å²) < 4.78 is 0. The van der Waals surface area contributed by atoms with Gasteiger partial charge in [0.05, 0.1) is 0 Å². The molecule has 0 aliphatic carbocycles. The van der Waals surface area contributed by atoms with Crippen LogP contribution in [-0.4, -0.2) is 25.0 Å². The molecule has 2 nitrogen and oxygen atoms in total. The van der Waals surface area contributed by atoms with Gasteiger partial charge in [-0.05, 0) is 18.1 Å². The van der Waals surface area contributed by atoms with Gasteiger partial charge in [0.25, 0.3) is 0 Å². The van der Waals surface area contributed by atoms with Gasteiger partial charge in [-0.15, -0.1) is 0 Å². The van der Waals surface area contributed by atoms with Gasteiger partial charge < -0.3 is 5.11 Å². The van der Waals surface area contributed by atoms with E-state index in [9.17, 15) is 0 Å². The Balaban J connectivity index is 0. The first-order chi connectivity index (χ1) is 5.85. The molecule has 0 unspecified atom stereocenters. The average molecular weight is 169 g/mol. The molecule has 0 aromatic carbocycles. The van der Waals surface area contributed by atoms with Crippen molar-refractivity contribution in [2.24, 2.45) is 4.99 Å². The van der Waals surface area contributed by atoms with Gasteiger partial charge in [0.15, 0.2) is 0 Å². The molecule has 0 aliphatic rings. The van der Waals surface area contributed by atoms with Crippen LogP contribution in [0, 0.1) is 0 Å². The van der Waals surface area contributed by atoms with E-state index in [-0.39, 0.29) is 6.61 Å². The number of rotatable bonds is 4. The fraction of sp³-hybridized carbons (Fsp3) is 0.500. The van der Waals surface area contributed by atoms with Gasteiger partial charge in [-0.1, -0.05) is 26.5 Å². The highest BCUT2D eigenvalue weighted by atomic mass is 16.2. The van der Waals surface area contributed by atoms with Gasteiger partial charge in [-0.3, -0.25) is 4.99 Å². The highest BCUT2D eigenvalue weighted by Crippen LogP contribution is 1.98. The van der Waals surface area contributed by atoms with Crippen molar-refractivity contribution in [1.29, 1.82) is 0 Å². The Bertz CT molecular complexity index is 148. The SMILES string of the molecule is C=C/C(=C\C=NC)CCO.CC. The first-order valence-electron chi connectivity index (χ1n) is 4.19. The molecule has 0 radical (unpaired) electrons. The molecule has 0 saturated carbocycles. The Kier molecular flexibility index (Phi) is 14.5. The van der Waals surface area contributed by atoms with Crippen LogP contribution in [0.2, 0.25) is 0 Å². The number of aliphatic hydroxyl groups is 1. The molecule has 0 aromatic heterocycles. The van der Waals surface area contributed by atoms with E-state index in [0.29, 0.717) is 6.42 Å². The summed E-state index contributed by atoms with van der Waals surface area (Å²) >= 11 is 0. The van der Waals surface area contributed by atoms with E-state index in [1.807, 2.05) is 19.9 Å². The topological polar surface area (TPSA) is 32.6 Å². The van der Waals surface area contributed by atoms with Gasteiger partial charge >= 0.3 is 0 Å². The molecule has 0 amide bonds. The van der Waals surface area contributed by atoms with Crippen molar-refractivity contribution >= 4 is 6.21 Å². The third kappa shape index (κ3) is 9.11. The monoisotopic (exact) mass is 169 g/mol. The van der Waals surface area contributed by atoms with Crippen LogP contribution in [0.5, 0.6) is 0 Å². The second kappa shape index (κ2) is 12.8. The summed E-state index contributed by atoms with van der Waals surface area (Å²) in [5.74, 6) is 0. The van der Waals surface area contributed by atoms with Crippen LogP contribution in [0.4, 0.5) is 0 Å². The van der Waals surface area contributed by atoms with Crippen molar-refractivity contribution in [3.05, 3.63) is 24.3 Å². The Morgan fingerprint density at radius 3 is 2.42 bits per heavy atom. The molecule has 70 valence electrons. The Labute approximate surface area is 75.3 Å². The van der Waals surface area contributed by atoms with E-state index in [4.69, 9.17) is 5.11 Å². The normalized spacial score (nSPS) is 10.8. The van der Waals surface area contributed by atoms with Crippen molar-refractivity contribution in [3.63, 3.8) is 0 Å². The van der Waals surface area contributed by atoms with Gasteiger partial charge in [-0.2, -0.15) is 0 Å². The lowest BCUT2D eigenvalue weighted by molar-refractivity contribution is 0.300. The van der Waals surface area contributed by atoms with E-state index >= 15 is 0 Å². The number of nitrogens with zero attached hydrogens (tertiary/aromatic N) is 1. The van der Waals surface area contributed by atoms with Crippen LogP contribution in [0.25, 0.3) is 0 Å². The molecule has 1 N–H and O–H groups in total. The molecular formula is C10H19NO. The van der Waals surface area contributed by atoms with E-state index in [2.05, 4.69) is 11.6 Å². The number of hydrogen-bond acceptors (Lipinski definition) is 2. The summed E-state index contributed by atoms with van der Waals surface area (Å²) in [6.07, 6.45) is 5.89. The minimum Gasteiger partial charge on any atom is -0.396 e. The van der Waals surface area contributed by atoms with Crippen LogP contribution in [0.3, 0.4) is 0 Å². The maximum Gasteiger partial charge on any atom is 0.0471 e. The number of allylic oxidation sites excluding steroid dienone is 2. The maximum absolute atomic E-state index is 8.53. The van der Waals surface area contributed by atoms with Crippen LogP contribution in [0.15, 0.2) is 29.3 Å². The molecule has 0 fully saturated rings. The molecular weight excluding hydrogens is 150 g/mol. The van der Waals surface area contributed by atoms with Crippen molar-refractivity contribution in [2.75, 3.05) is 13.7 Å². The molecule has 0 saturated heterocycles. The lowest BCUT2D eigenvalue weighted by atomic mass is 10.2. The molecule has 0 spiro atoms. The largest absolute Gasteiger partial charge is 0.396 e. The molecule has 0 aliphatic heterocycles. The number of aliphatic imine (C=N–C) groups is 1. The number of aliphatic hydroxyl groups excluding tert-OH is 1. The van der Waals surface area contributed by atoms with Crippen molar-refractivity contribution in [2.45, 2.75) is 20.3 Å². The van der Waals surface area contributed by atoms with E-state index < -0.39 is 0 Å². The molecule has 12 heavy (non-hydrogen) atoms. The van der Waals surface area contributed by atoms with Gasteiger partial charge in [0.1, 0.15) is 0 Å². The molecule has 0 atom stereocenters. The highest BCUT2D eigenvalue weighted by Gasteiger charge is 1.86. The summed E-state index contributed by atoms with van der Waals surface area (Å²) in [4.78, 5) is 3.77. The van der Waals surface area contributed by atoms with Gasteiger partial charge in [-0.25, -0.2) is 0 Å². The first kappa shape index (κ1) is 13.7. The Hall–Kier alpha value is -0.890. The van der Waals surface area contributed by atoms with E-state index in [1.54, 1.807) is 19.3 Å². The van der Waals surface area contributed by atoms with E-state index in [0.717, 1.165) is 5.57 Å². The minimum absolute atomic E-state index is 0.162. The zero-order chi connectivity index (χ0) is 9.82. The van der Waals surface area contributed by atoms with Crippen LogP contribution in [0.1, 0.15) is 20.3 Å². The van der Waals surface area contributed by atoms with Crippen LogP contribution >= 0.6 is 0 Å². The van der Waals surface area contributed by atoms with Crippen LogP contribution in [-0.2, 0) is 0 Å². The molecule has 2 heteroatoms. The molecule has 0 rings (SSSR count). The summed E-state index contributed by atoms with van der Waals surface area (Å²) in [5.41, 5.74) is 1.01.